The molecule has 0 unspecified atom stereocenters. The number of imidazole rings is 1. The minimum absolute atomic E-state index is 0.248. The van der Waals surface area contributed by atoms with Gasteiger partial charge in [0.05, 0.1) is 17.1 Å². The van der Waals surface area contributed by atoms with Crippen LogP contribution in [0.1, 0.15) is 19.0 Å². The first-order valence-corrected chi connectivity index (χ1v) is 14.1. The van der Waals surface area contributed by atoms with Gasteiger partial charge in [0.25, 0.3) is 0 Å². The van der Waals surface area contributed by atoms with Gasteiger partial charge in [0, 0.05) is 62.7 Å². The van der Waals surface area contributed by atoms with Gasteiger partial charge < -0.3 is 14.9 Å². The van der Waals surface area contributed by atoms with Gasteiger partial charge in [-0.15, -0.1) is 11.3 Å². The number of halogens is 1. The molecule has 1 aromatic carbocycles. The molecule has 5 rings (SSSR count). The normalized spacial score (nSPS) is 14.6. The van der Waals surface area contributed by atoms with Crippen molar-refractivity contribution in [2.75, 3.05) is 55.4 Å². The van der Waals surface area contributed by atoms with Crippen LogP contribution in [0.5, 0.6) is 0 Å². The lowest BCUT2D eigenvalue weighted by Crippen LogP contribution is -2.43. The van der Waals surface area contributed by atoms with Gasteiger partial charge in [0.1, 0.15) is 17.3 Å². The Kier molecular flexibility index (Phi) is 7.76. The number of rotatable bonds is 9. The highest BCUT2D eigenvalue weighted by molar-refractivity contribution is 7.97. The van der Waals surface area contributed by atoms with Crippen LogP contribution in [0.3, 0.4) is 0 Å². The van der Waals surface area contributed by atoms with Crippen LogP contribution in [0.4, 0.5) is 21.0 Å². The van der Waals surface area contributed by atoms with E-state index in [-0.39, 0.29) is 12.4 Å². The molecule has 36 heavy (non-hydrogen) atoms. The minimum Gasteiger partial charge on any atom is -0.396 e. The largest absolute Gasteiger partial charge is 0.396 e. The first-order valence-electron chi connectivity index (χ1n) is 12.3. The highest BCUT2D eigenvalue weighted by atomic mass is 32.2. The Bertz CT molecular complexity index is 1300. The summed E-state index contributed by atoms with van der Waals surface area (Å²) < 4.78 is 17.9. The van der Waals surface area contributed by atoms with Crippen LogP contribution < -0.4 is 9.80 Å². The Morgan fingerprint density at radius 2 is 1.86 bits per heavy atom. The Labute approximate surface area is 219 Å². The molecular formula is C26H31FN6OS2. The number of nitrogens with zero attached hydrogens (tertiary/aromatic N) is 6. The molecule has 10 heteroatoms. The number of piperazine rings is 1. The van der Waals surface area contributed by atoms with Crippen LogP contribution in [0.15, 0.2) is 48.0 Å². The summed E-state index contributed by atoms with van der Waals surface area (Å²) in [6, 6.07) is 10.7. The van der Waals surface area contributed by atoms with Gasteiger partial charge in [-0.2, -0.15) is 0 Å². The number of aliphatic hydroxyl groups is 1. The second-order valence-corrected chi connectivity index (χ2v) is 10.8. The quantitative estimate of drug-likeness (QED) is 0.241. The van der Waals surface area contributed by atoms with E-state index in [1.165, 1.54) is 17.8 Å². The zero-order valence-electron chi connectivity index (χ0n) is 20.6. The van der Waals surface area contributed by atoms with Crippen molar-refractivity contribution in [2.24, 2.45) is 0 Å². The number of aromatic nitrogens is 3. The van der Waals surface area contributed by atoms with Crippen LogP contribution in [-0.4, -0.2) is 69.4 Å². The van der Waals surface area contributed by atoms with Gasteiger partial charge in [0.15, 0.2) is 5.13 Å². The zero-order valence-corrected chi connectivity index (χ0v) is 22.2. The smallest absolute Gasteiger partial charge is 0.191 e. The summed E-state index contributed by atoms with van der Waals surface area (Å²) >= 11 is 3.40. The highest BCUT2D eigenvalue weighted by Crippen LogP contribution is 2.34. The van der Waals surface area contributed by atoms with Crippen molar-refractivity contribution >= 4 is 45.6 Å². The molecule has 1 aliphatic rings. The summed E-state index contributed by atoms with van der Waals surface area (Å²) in [4.78, 5) is 14.3. The van der Waals surface area contributed by atoms with Crippen molar-refractivity contribution < 1.29 is 9.50 Å². The van der Waals surface area contributed by atoms with Crippen LogP contribution in [0.2, 0.25) is 0 Å². The number of aliphatic hydroxyl groups excluding tert-OH is 1. The Hall–Kier alpha value is -2.66. The minimum atomic E-state index is -0.248. The van der Waals surface area contributed by atoms with Gasteiger partial charge in [-0.05, 0) is 49.2 Å². The fourth-order valence-electron chi connectivity index (χ4n) is 4.44. The van der Waals surface area contributed by atoms with E-state index >= 15 is 0 Å². The van der Waals surface area contributed by atoms with Crippen molar-refractivity contribution in [2.45, 2.75) is 19.8 Å². The molecule has 1 aliphatic heterocycles. The molecule has 1 fully saturated rings. The number of hydrogen-bond donors (Lipinski definition) is 1. The number of anilines is 3. The number of aryl methyl sites for hydroxylation is 1. The van der Waals surface area contributed by atoms with E-state index in [9.17, 15) is 4.39 Å². The fraction of sp³-hybridized carbons (Fsp3) is 0.385. The molecule has 4 heterocycles. The summed E-state index contributed by atoms with van der Waals surface area (Å²) in [5, 5.41) is 11.9. The Balaban J connectivity index is 1.39. The second-order valence-electron chi connectivity index (χ2n) is 8.76. The maximum atomic E-state index is 13.4. The summed E-state index contributed by atoms with van der Waals surface area (Å²) in [7, 11) is 2.03. The van der Waals surface area contributed by atoms with Gasteiger partial charge >= 0.3 is 0 Å². The number of benzene rings is 1. The van der Waals surface area contributed by atoms with Crippen LogP contribution in [-0.2, 0) is 6.42 Å². The number of thiazole rings is 1. The first kappa shape index (κ1) is 25.0. The molecule has 3 aromatic heterocycles. The maximum Gasteiger partial charge on any atom is 0.191 e. The number of hydrogen-bond acceptors (Lipinski definition) is 8. The SMILES string of the molecule is CCc1nc2ccc(N3CCN(SCCCO)CC3)cn2c1N(C)c1nc(-c2ccc(F)cc2)cs1. The van der Waals surface area contributed by atoms with Gasteiger partial charge in [-0.3, -0.25) is 4.40 Å². The molecule has 4 aromatic rings. The standard InChI is InChI=1S/C26H31FN6OS2/c1-3-22-25(30(2)26-29-23(18-35-26)19-5-7-20(27)8-6-19)33-17-21(9-10-24(33)28-22)31-11-13-32(14-12-31)36-16-4-15-34/h5-10,17-18,34H,3-4,11-16H2,1-2H3. The monoisotopic (exact) mass is 526 g/mol. The Morgan fingerprint density at radius 1 is 1.08 bits per heavy atom. The lowest BCUT2D eigenvalue weighted by Gasteiger charge is -2.35. The van der Waals surface area contributed by atoms with E-state index in [2.05, 4.69) is 43.8 Å². The van der Waals surface area contributed by atoms with E-state index in [0.29, 0.717) is 0 Å². The van der Waals surface area contributed by atoms with Gasteiger partial charge in [-0.25, -0.2) is 18.7 Å². The average Bonchev–Trinajstić information content (AvgIpc) is 3.54. The number of fused-ring (bicyclic) bond motifs is 1. The van der Waals surface area contributed by atoms with Crippen molar-refractivity contribution in [3.05, 3.63) is 59.5 Å². The molecule has 1 N–H and O–H groups in total. The molecule has 0 saturated carbocycles. The van der Waals surface area contributed by atoms with E-state index in [1.54, 1.807) is 23.5 Å². The average molecular weight is 527 g/mol. The molecule has 1 saturated heterocycles. The zero-order chi connectivity index (χ0) is 25.1. The van der Waals surface area contributed by atoms with Crippen LogP contribution in [0.25, 0.3) is 16.9 Å². The predicted octanol–water partition coefficient (Wildman–Crippen LogP) is 5.08. The third-order valence-electron chi connectivity index (χ3n) is 6.40. The van der Waals surface area contributed by atoms with E-state index in [0.717, 1.165) is 78.3 Å². The van der Waals surface area contributed by atoms with Crippen molar-refractivity contribution in [3.63, 3.8) is 0 Å². The van der Waals surface area contributed by atoms with Gasteiger partial charge in [0.2, 0.25) is 0 Å². The highest BCUT2D eigenvalue weighted by Gasteiger charge is 2.22. The molecular weight excluding hydrogens is 495 g/mol. The molecule has 0 bridgehead atoms. The topological polar surface area (TPSA) is 60.1 Å². The molecule has 7 nitrogen and oxygen atoms in total. The van der Waals surface area contributed by atoms with Gasteiger partial charge in [-0.1, -0.05) is 18.9 Å². The summed E-state index contributed by atoms with van der Waals surface area (Å²) in [6.45, 7) is 6.30. The van der Waals surface area contributed by atoms with Crippen LogP contribution >= 0.6 is 23.3 Å². The lowest BCUT2D eigenvalue weighted by atomic mass is 10.2. The fourth-order valence-corrected chi connectivity index (χ4v) is 6.18. The van der Waals surface area contributed by atoms with Crippen LogP contribution in [0, 0.1) is 5.82 Å². The lowest BCUT2D eigenvalue weighted by molar-refractivity contribution is 0.295. The van der Waals surface area contributed by atoms with Crippen molar-refractivity contribution in [1.82, 2.24) is 18.7 Å². The predicted molar refractivity (Wildman–Crippen MR) is 148 cm³/mol. The molecule has 190 valence electrons. The Morgan fingerprint density at radius 3 is 2.58 bits per heavy atom. The third kappa shape index (κ3) is 5.22. The summed E-state index contributed by atoms with van der Waals surface area (Å²) in [5.41, 5.74) is 4.87. The molecule has 0 spiro atoms. The van der Waals surface area contributed by atoms with Crippen molar-refractivity contribution in [3.8, 4) is 11.3 Å². The molecule has 0 radical (unpaired) electrons. The van der Waals surface area contributed by atoms with E-state index in [4.69, 9.17) is 15.1 Å². The number of pyridine rings is 1. The van der Waals surface area contributed by atoms with E-state index in [1.807, 2.05) is 24.4 Å². The molecule has 0 atom stereocenters. The second kappa shape index (κ2) is 11.2. The first-order chi connectivity index (χ1) is 17.6. The van der Waals surface area contributed by atoms with E-state index < -0.39 is 0 Å². The third-order valence-corrected chi connectivity index (χ3v) is 8.52. The van der Waals surface area contributed by atoms with Crippen molar-refractivity contribution in [1.29, 1.82) is 0 Å². The summed E-state index contributed by atoms with van der Waals surface area (Å²) in [5.74, 6) is 1.74. The summed E-state index contributed by atoms with van der Waals surface area (Å²) in [6.07, 6.45) is 3.84. The maximum absolute atomic E-state index is 13.4. The molecule has 0 amide bonds. The molecule has 0 aliphatic carbocycles.